The second-order valence-corrected chi connectivity index (χ2v) is 1.90. The molecule has 0 saturated carbocycles. The maximum atomic E-state index is 5.52. The lowest BCUT2D eigenvalue weighted by molar-refractivity contribution is 1.36. The lowest BCUT2D eigenvalue weighted by Gasteiger charge is -1.96. The van der Waals surface area contributed by atoms with Crippen molar-refractivity contribution in [3.63, 3.8) is 0 Å². The standard InChI is InChI=1S/C6H9BN2/c1-7-5-3-2-4-9-6(5)8/h2-4,7H,1H3,(H2,8,9). The summed E-state index contributed by atoms with van der Waals surface area (Å²) in [5.41, 5.74) is 6.64. The minimum absolute atomic E-state index is 0.653. The normalized spacial score (nSPS) is 9.00. The molecule has 1 aromatic rings. The molecule has 1 rings (SSSR count). The highest BCUT2D eigenvalue weighted by atomic mass is 14.8. The predicted molar refractivity (Wildman–Crippen MR) is 41.3 cm³/mol. The van der Waals surface area contributed by atoms with E-state index in [1.165, 1.54) is 0 Å². The van der Waals surface area contributed by atoms with Gasteiger partial charge in [-0.3, -0.25) is 0 Å². The van der Waals surface area contributed by atoms with Gasteiger partial charge in [-0.05, 0) is 11.5 Å². The Hall–Kier alpha value is -0.985. The predicted octanol–water partition coefficient (Wildman–Crippen LogP) is -0.226. The number of pyridine rings is 1. The highest BCUT2D eigenvalue weighted by Crippen LogP contribution is 1.87. The van der Waals surface area contributed by atoms with Crippen molar-refractivity contribution in [2.24, 2.45) is 0 Å². The molecule has 0 bridgehead atoms. The van der Waals surface area contributed by atoms with Crippen LogP contribution in [-0.4, -0.2) is 12.3 Å². The third-order valence-electron chi connectivity index (χ3n) is 1.31. The summed E-state index contributed by atoms with van der Waals surface area (Å²) in [5.74, 6) is 0.653. The number of nitrogens with zero attached hydrogens (tertiary/aromatic N) is 1. The van der Waals surface area contributed by atoms with Crippen LogP contribution in [0.1, 0.15) is 0 Å². The Morgan fingerprint density at radius 2 is 2.44 bits per heavy atom. The Morgan fingerprint density at radius 1 is 1.67 bits per heavy atom. The van der Waals surface area contributed by atoms with Gasteiger partial charge in [0.25, 0.3) is 0 Å². The molecule has 46 valence electrons. The van der Waals surface area contributed by atoms with E-state index in [2.05, 4.69) is 11.8 Å². The second kappa shape index (κ2) is 2.53. The van der Waals surface area contributed by atoms with E-state index in [0.29, 0.717) is 5.82 Å². The van der Waals surface area contributed by atoms with Crippen molar-refractivity contribution in [3.05, 3.63) is 18.3 Å². The lowest BCUT2D eigenvalue weighted by Crippen LogP contribution is -2.16. The van der Waals surface area contributed by atoms with Gasteiger partial charge in [0, 0.05) is 6.20 Å². The summed E-state index contributed by atoms with van der Waals surface area (Å²) in [6.07, 6.45) is 1.70. The van der Waals surface area contributed by atoms with Gasteiger partial charge >= 0.3 is 0 Å². The number of hydrogen-bond donors (Lipinski definition) is 1. The molecule has 9 heavy (non-hydrogen) atoms. The van der Waals surface area contributed by atoms with Crippen molar-refractivity contribution in [1.29, 1.82) is 0 Å². The van der Waals surface area contributed by atoms with Crippen molar-refractivity contribution in [2.45, 2.75) is 6.82 Å². The van der Waals surface area contributed by atoms with E-state index in [1.807, 2.05) is 12.1 Å². The Morgan fingerprint density at radius 3 is 2.89 bits per heavy atom. The quantitative estimate of drug-likeness (QED) is 0.520. The van der Waals surface area contributed by atoms with Crippen LogP contribution < -0.4 is 11.2 Å². The number of nitrogens with two attached hydrogens (primary N) is 1. The molecule has 0 aromatic carbocycles. The molecular formula is C6H9BN2. The molecule has 0 unspecified atom stereocenters. The first-order chi connectivity index (χ1) is 4.34. The van der Waals surface area contributed by atoms with Crippen LogP contribution in [0, 0.1) is 0 Å². The van der Waals surface area contributed by atoms with E-state index in [1.54, 1.807) is 6.20 Å². The zero-order valence-corrected chi connectivity index (χ0v) is 5.46. The average Bonchev–Trinajstić information content (AvgIpc) is 1.89. The third-order valence-corrected chi connectivity index (χ3v) is 1.31. The molecule has 2 N–H and O–H groups in total. The highest BCUT2D eigenvalue weighted by Gasteiger charge is 1.93. The van der Waals surface area contributed by atoms with Crippen molar-refractivity contribution >= 4 is 18.6 Å². The zero-order chi connectivity index (χ0) is 6.69. The second-order valence-electron chi connectivity index (χ2n) is 1.90. The van der Waals surface area contributed by atoms with Crippen LogP contribution in [0.4, 0.5) is 5.82 Å². The number of rotatable bonds is 1. The molecule has 0 radical (unpaired) electrons. The molecule has 2 nitrogen and oxygen atoms in total. The first-order valence-corrected chi connectivity index (χ1v) is 3.04. The van der Waals surface area contributed by atoms with Gasteiger partial charge in [0.15, 0.2) is 7.28 Å². The van der Waals surface area contributed by atoms with Crippen LogP contribution in [0.3, 0.4) is 0 Å². The smallest absolute Gasteiger partial charge is 0.159 e. The summed E-state index contributed by atoms with van der Waals surface area (Å²) in [5, 5.41) is 0. The molecule has 0 aliphatic rings. The van der Waals surface area contributed by atoms with E-state index < -0.39 is 0 Å². The number of anilines is 1. The number of nitrogen functional groups attached to an aromatic ring is 1. The molecule has 1 aromatic heterocycles. The molecule has 0 saturated heterocycles. The van der Waals surface area contributed by atoms with Gasteiger partial charge in [-0.1, -0.05) is 12.9 Å². The van der Waals surface area contributed by atoms with Gasteiger partial charge in [-0.15, -0.1) is 0 Å². The maximum absolute atomic E-state index is 5.52. The molecule has 0 amide bonds. The molecule has 3 heteroatoms. The van der Waals surface area contributed by atoms with Crippen molar-refractivity contribution in [2.75, 3.05) is 5.73 Å². The SMILES string of the molecule is CBc1cccnc1N. The zero-order valence-electron chi connectivity index (χ0n) is 5.46. The summed E-state index contributed by atoms with van der Waals surface area (Å²) in [7, 11) is 0.958. The van der Waals surface area contributed by atoms with E-state index in [-0.39, 0.29) is 0 Å². The van der Waals surface area contributed by atoms with E-state index in [4.69, 9.17) is 5.73 Å². The number of aromatic nitrogens is 1. The van der Waals surface area contributed by atoms with Gasteiger partial charge in [-0.25, -0.2) is 4.98 Å². The van der Waals surface area contributed by atoms with Crippen molar-refractivity contribution in [1.82, 2.24) is 4.98 Å². The van der Waals surface area contributed by atoms with Crippen LogP contribution in [0.5, 0.6) is 0 Å². The van der Waals surface area contributed by atoms with E-state index >= 15 is 0 Å². The number of hydrogen-bond acceptors (Lipinski definition) is 2. The summed E-state index contributed by atoms with van der Waals surface area (Å²) < 4.78 is 0. The van der Waals surface area contributed by atoms with E-state index in [9.17, 15) is 0 Å². The monoisotopic (exact) mass is 120 g/mol. The molecule has 0 fully saturated rings. The fourth-order valence-electron chi connectivity index (χ4n) is 0.750. The average molecular weight is 120 g/mol. The Bertz CT molecular complexity index is 200. The summed E-state index contributed by atoms with van der Waals surface area (Å²) in [4.78, 5) is 3.93. The summed E-state index contributed by atoms with van der Waals surface area (Å²) in [6, 6.07) is 3.89. The molecule has 0 aliphatic carbocycles. The first kappa shape index (κ1) is 6.14. The maximum Gasteiger partial charge on any atom is 0.159 e. The van der Waals surface area contributed by atoms with Crippen LogP contribution >= 0.6 is 0 Å². The van der Waals surface area contributed by atoms with E-state index in [0.717, 1.165) is 12.7 Å². The van der Waals surface area contributed by atoms with Gasteiger partial charge in [0.1, 0.15) is 5.82 Å². The lowest BCUT2D eigenvalue weighted by atomic mass is 9.74. The molecular weight excluding hydrogens is 111 g/mol. The van der Waals surface area contributed by atoms with Crippen LogP contribution in [-0.2, 0) is 0 Å². The van der Waals surface area contributed by atoms with Crippen LogP contribution in [0.15, 0.2) is 18.3 Å². The molecule has 0 aliphatic heterocycles. The third kappa shape index (κ3) is 1.22. The van der Waals surface area contributed by atoms with Gasteiger partial charge in [-0.2, -0.15) is 0 Å². The van der Waals surface area contributed by atoms with Gasteiger partial charge in [0.05, 0.1) is 0 Å². The fourth-order valence-corrected chi connectivity index (χ4v) is 0.750. The molecule has 0 spiro atoms. The molecule has 0 atom stereocenters. The summed E-state index contributed by atoms with van der Waals surface area (Å²) >= 11 is 0. The van der Waals surface area contributed by atoms with Gasteiger partial charge < -0.3 is 5.73 Å². The summed E-state index contributed by atoms with van der Waals surface area (Å²) in [6.45, 7) is 2.06. The van der Waals surface area contributed by atoms with Crippen molar-refractivity contribution < 1.29 is 0 Å². The highest BCUT2D eigenvalue weighted by molar-refractivity contribution is 6.53. The van der Waals surface area contributed by atoms with Crippen LogP contribution in [0.2, 0.25) is 6.82 Å². The Kier molecular flexibility index (Phi) is 1.73. The first-order valence-electron chi connectivity index (χ1n) is 3.04. The van der Waals surface area contributed by atoms with Crippen LogP contribution in [0.25, 0.3) is 0 Å². The Labute approximate surface area is 55.3 Å². The van der Waals surface area contributed by atoms with Gasteiger partial charge in [0.2, 0.25) is 0 Å². The fraction of sp³-hybridized carbons (Fsp3) is 0.167. The minimum Gasteiger partial charge on any atom is -0.384 e. The largest absolute Gasteiger partial charge is 0.384 e. The topological polar surface area (TPSA) is 38.9 Å². The minimum atomic E-state index is 0.653. The Balaban J connectivity index is 3.01. The molecule has 1 heterocycles. The van der Waals surface area contributed by atoms with Crippen molar-refractivity contribution in [3.8, 4) is 0 Å².